The molecule has 2 aromatic rings. The van der Waals surface area contributed by atoms with Crippen LogP contribution in [0.25, 0.3) is 0 Å². The summed E-state index contributed by atoms with van der Waals surface area (Å²) in [6.45, 7) is 4.24. The lowest BCUT2D eigenvalue weighted by Gasteiger charge is -2.22. The van der Waals surface area contributed by atoms with Gasteiger partial charge < -0.3 is 5.73 Å². The maximum Gasteiger partial charge on any atom is 0.149 e. The third-order valence-corrected chi connectivity index (χ3v) is 2.99. The van der Waals surface area contributed by atoms with Crippen molar-refractivity contribution >= 4 is 0 Å². The molecule has 0 saturated carbocycles. The average Bonchev–Trinajstić information content (AvgIpc) is 2.68. The van der Waals surface area contributed by atoms with E-state index in [9.17, 15) is 5.26 Å². The highest BCUT2D eigenvalue weighted by Crippen LogP contribution is 2.20. The topological polar surface area (TPSA) is 67.6 Å². The number of rotatable bonds is 3. The normalized spacial score (nSPS) is 13.9. The molecule has 92 valence electrons. The Morgan fingerprint density at radius 1 is 1.33 bits per heavy atom. The van der Waals surface area contributed by atoms with Gasteiger partial charge in [0.1, 0.15) is 5.54 Å². The van der Waals surface area contributed by atoms with Gasteiger partial charge in [-0.25, -0.2) is 0 Å². The molecule has 1 atom stereocenters. The summed E-state index contributed by atoms with van der Waals surface area (Å²) in [6.07, 6.45) is 0. The molecule has 18 heavy (non-hydrogen) atoms. The molecule has 0 radical (unpaired) electrons. The molecule has 1 aromatic heterocycles. The third kappa shape index (κ3) is 2.27. The fourth-order valence-corrected chi connectivity index (χ4v) is 2.00. The van der Waals surface area contributed by atoms with Crippen LogP contribution in [0.5, 0.6) is 0 Å². The summed E-state index contributed by atoms with van der Waals surface area (Å²) < 4.78 is 1.78. The first-order valence-electron chi connectivity index (χ1n) is 5.82. The van der Waals surface area contributed by atoms with Crippen LogP contribution in [0.15, 0.2) is 36.4 Å². The van der Waals surface area contributed by atoms with E-state index in [0.29, 0.717) is 6.54 Å². The van der Waals surface area contributed by atoms with Gasteiger partial charge in [-0.3, -0.25) is 4.68 Å². The number of aryl methyl sites for hydroxylation is 2. The first-order valence-corrected chi connectivity index (χ1v) is 5.82. The largest absolute Gasteiger partial charge is 0.308 e. The van der Waals surface area contributed by atoms with Crippen LogP contribution in [-0.4, -0.2) is 9.78 Å². The van der Waals surface area contributed by atoms with Gasteiger partial charge in [0.05, 0.1) is 18.3 Å². The predicted octanol–water partition coefficient (Wildman–Crippen LogP) is 1.88. The first-order chi connectivity index (χ1) is 8.55. The van der Waals surface area contributed by atoms with E-state index in [4.69, 9.17) is 5.73 Å². The standard InChI is InChI=1S/C14H16N4/c1-11-8-12(2)18(17-11)10-14(16,9-15)13-6-4-3-5-7-13/h3-8H,10,16H2,1-2H3. The number of nitrogens with zero attached hydrogens (tertiary/aromatic N) is 3. The van der Waals surface area contributed by atoms with Gasteiger partial charge >= 0.3 is 0 Å². The van der Waals surface area contributed by atoms with Crippen molar-refractivity contribution in [3.63, 3.8) is 0 Å². The van der Waals surface area contributed by atoms with Crippen LogP contribution in [-0.2, 0) is 12.1 Å². The average molecular weight is 240 g/mol. The maximum absolute atomic E-state index is 9.38. The van der Waals surface area contributed by atoms with Gasteiger partial charge in [0.25, 0.3) is 0 Å². The molecule has 0 bridgehead atoms. The molecule has 0 spiro atoms. The molecule has 0 aliphatic carbocycles. The Labute approximate surface area is 107 Å². The van der Waals surface area contributed by atoms with Crippen molar-refractivity contribution < 1.29 is 0 Å². The van der Waals surface area contributed by atoms with Crippen molar-refractivity contribution in [1.29, 1.82) is 5.26 Å². The molecule has 2 rings (SSSR count). The summed E-state index contributed by atoms with van der Waals surface area (Å²) in [5.41, 5.74) is 7.90. The lowest BCUT2D eigenvalue weighted by Crippen LogP contribution is -2.40. The second-order valence-corrected chi connectivity index (χ2v) is 4.53. The number of hydrogen-bond acceptors (Lipinski definition) is 3. The van der Waals surface area contributed by atoms with Crippen LogP contribution >= 0.6 is 0 Å². The molecule has 2 N–H and O–H groups in total. The van der Waals surface area contributed by atoms with E-state index in [1.807, 2.05) is 50.2 Å². The molecule has 0 fully saturated rings. The zero-order chi connectivity index (χ0) is 13.2. The Morgan fingerprint density at radius 2 is 2.00 bits per heavy atom. The lowest BCUT2D eigenvalue weighted by molar-refractivity contribution is 0.434. The summed E-state index contributed by atoms with van der Waals surface area (Å²) in [4.78, 5) is 0. The fraction of sp³-hybridized carbons (Fsp3) is 0.286. The molecule has 4 nitrogen and oxygen atoms in total. The van der Waals surface area contributed by atoms with Gasteiger partial charge in [0.2, 0.25) is 0 Å². The van der Waals surface area contributed by atoms with Crippen molar-refractivity contribution in [1.82, 2.24) is 9.78 Å². The Hall–Kier alpha value is -2.12. The van der Waals surface area contributed by atoms with Crippen LogP contribution in [0, 0.1) is 25.2 Å². The first kappa shape index (κ1) is 12.3. The van der Waals surface area contributed by atoms with E-state index in [-0.39, 0.29) is 0 Å². The molecule has 1 heterocycles. The highest BCUT2D eigenvalue weighted by atomic mass is 15.3. The van der Waals surface area contributed by atoms with Gasteiger partial charge in [0, 0.05) is 5.69 Å². The molecule has 0 saturated heterocycles. The molecule has 1 unspecified atom stereocenters. The summed E-state index contributed by atoms with van der Waals surface area (Å²) in [6, 6.07) is 13.6. The SMILES string of the molecule is Cc1cc(C)n(CC(N)(C#N)c2ccccc2)n1. The lowest BCUT2D eigenvalue weighted by atomic mass is 9.92. The third-order valence-electron chi connectivity index (χ3n) is 2.99. The second-order valence-electron chi connectivity index (χ2n) is 4.53. The summed E-state index contributed by atoms with van der Waals surface area (Å²) >= 11 is 0. The summed E-state index contributed by atoms with van der Waals surface area (Å²) in [5.74, 6) is 0. The van der Waals surface area contributed by atoms with E-state index in [1.54, 1.807) is 4.68 Å². The zero-order valence-corrected chi connectivity index (χ0v) is 10.6. The van der Waals surface area contributed by atoms with Gasteiger partial charge in [-0.15, -0.1) is 0 Å². The molecule has 0 aliphatic heterocycles. The van der Waals surface area contributed by atoms with Crippen LogP contribution < -0.4 is 5.73 Å². The molecule has 0 aliphatic rings. The Bertz CT molecular complexity index is 580. The predicted molar refractivity (Wildman–Crippen MR) is 69.6 cm³/mol. The van der Waals surface area contributed by atoms with Gasteiger partial charge in [-0.1, -0.05) is 30.3 Å². The highest BCUT2D eigenvalue weighted by Gasteiger charge is 2.28. The van der Waals surface area contributed by atoms with Gasteiger partial charge in [-0.05, 0) is 25.5 Å². The number of nitrogens with two attached hydrogens (primary N) is 1. The maximum atomic E-state index is 9.38. The van der Waals surface area contributed by atoms with Crippen molar-refractivity contribution in [2.45, 2.75) is 25.9 Å². The number of benzene rings is 1. The molecule has 0 amide bonds. The number of nitriles is 1. The number of hydrogen-bond donors (Lipinski definition) is 1. The molecule has 1 aromatic carbocycles. The minimum Gasteiger partial charge on any atom is -0.308 e. The minimum atomic E-state index is -1.05. The highest BCUT2D eigenvalue weighted by molar-refractivity contribution is 5.30. The summed E-state index contributed by atoms with van der Waals surface area (Å²) in [5, 5.41) is 13.7. The second kappa shape index (κ2) is 4.63. The summed E-state index contributed by atoms with van der Waals surface area (Å²) in [7, 11) is 0. The molecular weight excluding hydrogens is 224 g/mol. The minimum absolute atomic E-state index is 0.354. The van der Waals surface area contributed by atoms with Crippen molar-refractivity contribution in [3.8, 4) is 6.07 Å². The van der Waals surface area contributed by atoms with E-state index >= 15 is 0 Å². The van der Waals surface area contributed by atoms with Crippen LogP contribution in [0.4, 0.5) is 0 Å². The quantitative estimate of drug-likeness (QED) is 0.890. The van der Waals surface area contributed by atoms with Crippen LogP contribution in [0.1, 0.15) is 17.0 Å². The van der Waals surface area contributed by atoms with E-state index in [0.717, 1.165) is 17.0 Å². The zero-order valence-electron chi connectivity index (χ0n) is 10.6. The van der Waals surface area contributed by atoms with E-state index < -0.39 is 5.54 Å². The van der Waals surface area contributed by atoms with Crippen molar-refractivity contribution in [2.24, 2.45) is 5.73 Å². The fourth-order valence-electron chi connectivity index (χ4n) is 2.00. The Morgan fingerprint density at radius 3 is 2.50 bits per heavy atom. The van der Waals surface area contributed by atoms with Crippen molar-refractivity contribution in [2.75, 3.05) is 0 Å². The van der Waals surface area contributed by atoms with Crippen molar-refractivity contribution in [3.05, 3.63) is 53.3 Å². The monoisotopic (exact) mass is 240 g/mol. The number of aromatic nitrogens is 2. The van der Waals surface area contributed by atoms with Gasteiger partial charge in [0.15, 0.2) is 0 Å². The molecule has 4 heteroatoms. The van der Waals surface area contributed by atoms with Crippen LogP contribution in [0.3, 0.4) is 0 Å². The van der Waals surface area contributed by atoms with E-state index in [1.165, 1.54) is 0 Å². The van der Waals surface area contributed by atoms with E-state index in [2.05, 4.69) is 11.2 Å². The van der Waals surface area contributed by atoms with Crippen LogP contribution in [0.2, 0.25) is 0 Å². The van der Waals surface area contributed by atoms with Gasteiger partial charge in [-0.2, -0.15) is 10.4 Å². The Kier molecular flexibility index (Phi) is 3.17. The Balaban J connectivity index is 2.36. The smallest absolute Gasteiger partial charge is 0.149 e. The molecular formula is C14H16N4.